The number of hydrogen-bond acceptors (Lipinski definition) is 5. The molecule has 0 radical (unpaired) electrons. The van der Waals surface area contributed by atoms with E-state index < -0.39 is 18.2 Å². The summed E-state index contributed by atoms with van der Waals surface area (Å²) >= 11 is 0. The van der Waals surface area contributed by atoms with Crippen LogP contribution in [0.4, 0.5) is 0 Å². The number of aliphatic hydroxyl groups excluding tert-OH is 2. The average Bonchev–Trinajstić information content (AvgIpc) is 3.24. The molecule has 3 N–H and O–H groups in total. The van der Waals surface area contributed by atoms with Crippen LogP contribution < -0.4 is 5.32 Å². The summed E-state index contributed by atoms with van der Waals surface area (Å²) in [5.41, 5.74) is 0. The van der Waals surface area contributed by atoms with Gasteiger partial charge in [-0.2, -0.15) is 0 Å². The van der Waals surface area contributed by atoms with Gasteiger partial charge >= 0.3 is 5.97 Å². The van der Waals surface area contributed by atoms with Gasteiger partial charge in [0.05, 0.1) is 25.2 Å². The summed E-state index contributed by atoms with van der Waals surface area (Å²) in [5.74, 6) is -0.490. The first-order chi connectivity index (χ1) is 29.5. The van der Waals surface area contributed by atoms with Gasteiger partial charge in [0.25, 0.3) is 0 Å². The molecule has 0 saturated carbocycles. The van der Waals surface area contributed by atoms with Crippen molar-refractivity contribution in [1.82, 2.24) is 5.32 Å². The molecule has 6 nitrogen and oxygen atoms in total. The molecule has 0 rings (SSSR count). The van der Waals surface area contributed by atoms with E-state index in [0.717, 1.165) is 70.6 Å². The Bertz CT molecular complexity index is 950. The first kappa shape index (κ1) is 58.3. The lowest BCUT2D eigenvalue weighted by Crippen LogP contribution is -2.46. The molecule has 0 saturated heterocycles. The van der Waals surface area contributed by atoms with E-state index in [9.17, 15) is 19.8 Å². The maximum Gasteiger partial charge on any atom is 0.306 e. The van der Waals surface area contributed by atoms with E-state index in [1.165, 1.54) is 167 Å². The van der Waals surface area contributed by atoms with Crippen LogP contribution in [0.25, 0.3) is 0 Å². The van der Waals surface area contributed by atoms with E-state index >= 15 is 0 Å². The normalized spacial score (nSPS) is 13.3. The van der Waals surface area contributed by atoms with Crippen molar-refractivity contribution in [2.24, 2.45) is 0 Å². The van der Waals surface area contributed by atoms with Gasteiger partial charge < -0.3 is 20.3 Å². The Hall–Kier alpha value is -1.66. The maximum atomic E-state index is 13.2. The Balaban J connectivity index is 4.49. The van der Waals surface area contributed by atoms with Crippen LogP contribution in [0, 0.1) is 0 Å². The number of allylic oxidation sites excluding steroid dienone is 4. The highest BCUT2D eigenvalue weighted by Gasteiger charge is 2.24. The fourth-order valence-electron chi connectivity index (χ4n) is 8.19. The lowest BCUT2D eigenvalue weighted by Gasteiger charge is -2.24. The van der Waals surface area contributed by atoms with Crippen molar-refractivity contribution < 1.29 is 24.5 Å². The van der Waals surface area contributed by atoms with Crippen LogP contribution in [0.5, 0.6) is 0 Å². The van der Waals surface area contributed by atoms with E-state index in [4.69, 9.17) is 4.74 Å². The molecule has 1 amide bonds. The number of esters is 1. The lowest BCUT2D eigenvalue weighted by atomic mass is 10.0. The number of unbranched alkanes of at least 4 members (excludes halogenated alkanes) is 32. The Kier molecular flexibility index (Phi) is 47.0. The SMILES string of the molecule is CCC/C=C\CCCCCCCC(=O)OC(CCCCC/C=C/CCCCCCCCC)CC(=O)NC(CO)C(O)CCCCCCCCCCCCCCCCCCC. The van der Waals surface area contributed by atoms with Gasteiger partial charge in [0.2, 0.25) is 5.91 Å². The molecular formula is C54H103NO5. The number of amides is 1. The number of nitrogens with one attached hydrogen (secondary N) is 1. The largest absolute Gasteiger partial charge is 0.462 e. The first-order valence-electron chi connectivity index (χ1n) is 26.6. The highest BCUT2D eigenvalue weighted by atomic mass is 16.5. The second kappa shape index (κ2) is 48.4. The Morgan fingerprint density at radius 2 is 0.833 bits per heavy atom. The minimum Gasteiger partial charge on any atom is -0.462 e. The summed E-state index contributed by atoms with van der Waals surface area (Å²) in [6.07, 6.45) is 55.3. The van der Waals surface area contributed by atoms with Crippen LogP contribution in [-0.4, -0.2) is 46.9 Å². The molecule has 0 spiro atoms. The van der Waals surface area contributed by atoms with Gasteiger partial charge in [0.15, 0.2) is 0 Å². The molecule has 0 aromatic carbocycles. The summed E-state index contributed by atoms with van der Waals surface area (Å²) in [4.78, 5) is 26.1. The minimum absolute atomic E-state index is 0.0674. The molecule has 0 aromatic heterocycles. The number of aliphatic hydroxyl groups is 2. The third-order valence-corrected chi connectivity index (χ3v) is 12.2. The number of rotatable bonds is 48. The highest BCUT2D eigenvalue weighted by Crippen LogP contribution is 2.18. The van der Waals surface area contributed by atoms with Crippen LogP contribution >= 0.6 is 0 Å². The molecular weight excluding hydrogens is 743 g/mol. The van der Waals surface area contributed by atoms with Gasteiger partial charge in [0.1, 0.15) is 6.10 Å². The van der Waals surface area contributed by atoms with E-state index in [1.807, 2.05) is 0 Å². The van der Waals surface area contributed by atoms with Gasteiger partial charge in [0, 0.05) is 6.42 Å². The number of hydrogen-bond donors (Lipinski definition) is 3. The predicted molar refractivity (Wildman–Crippen MR) is 260 cm³/mol. The van der Waals surface area contributed by atoms with Crippen molar-refractivity contribution in [3.05, 3.63) is 24.3 Å². The standard InChI is InChI=1S/C54H103NO5/c1-4-7-10-13-16-19-22-24-26-27-28-30-32-34-37-40-43-46-52(57)51(49-56)55-53(58)48-50(60-54(59)47-44-41-38-35-21-18-15-12-9-6-3)45-42-39-36-33-31-29-25-23-20-17-14-11-8-5-2/h12,15,29,31,50-52,56-57H,4-11,13-14,16-28,30,32-49H2,1-3H3,(H,55,58)/b15-12-,31-29+. The second-order valence-electron chi connectivity index (χ2n) is 18.3. The molecule has 354 valence electrons. The summed E-state index contributed by atoms with van der Waals surface area (Å²) in [7, 11) is 0. The summed E-state index contributed by atoms with van der Waals surface area (Å²) in [6.45, 7) is 6.44. The molecule has 0 fully saturated rings. The van der Waals surface area contributed by atoms with E-state index in [-0.39, 0.29) is 24.9 Å². The van der Waals surface area contributed by atoms with E-state index in [0.29, 0.717) is 19.3 Å². The molecule has 0 aliphatic rings. The van der Waals surface area contributed by atoms with Crippen LogP contribution in [0.3, 0.4) is 0 Å². The fraction of sp³-hybridized carbons (Fsp3) is 0.889. The minimum atomic E-state index is -0.789. The van der Waals surface area contributed by atoms with Crippen LogP contribution in [0.1, 0.15) is 284 Å². The van der Waals surface area contributed by atoms with Crippen molar-refractivity contribution in [3.8, 4) is 0 Å². The average molecular weight is 846 g/mol. The fourth-order valence-corrected chi connectivity index (χ4v) is 8.19. The number of carbonyl (C=O) groups is 2. The van der Waals surface area contributed by atoms with Crippen molar-refractivity contribution in [1.29, 1.82) is 0 Å². The summed E-state index contributed by atoms with van der Waals surface area (Å²) in [5, 5.41) is 23.8. The van der Waals surface area contributed by atoms with Crippen molar-refractivity contribution in [2.75, 3.05) is 6.61 Å². The Morgan fingerprint density at radius 3 is 1.27 bits per heavy atom. The highest BCUT2D eigenvalue weighted by molar-refractivity contribution is 5.77. The van der Waals surface area contributed by atoms with Crippen molar-refractivity contribution in [2.45, 2.75) is 302 Å². The summed E-state index contributed by atoms with van der Waals surface area (Å²) in [6, 6.07) is -0.704. The summed E-state index contributed by atoms with van der Waals surface area (Å²) < 4.78 is 5.91. The predicted octanol–water partition coefficient (Wildman–Crippen LogP) is 15.9. The zero-order chi connectivity index (χ0) is 43.8. The van der Waals surface area contributed by atoms with Crippen LogP contribution in [0.2, 0.25) is 0 Å². The molecule has 6 heteroatoms. The molecule has 0 aromatic rings. The third kappa shape index (κ3) is 43.0. The van der Waals surface area contributed by atoms with Crippen LogP contribution in [0.15, 0.2) is 24.3 Å². The smallest absolute Gasteiger partial charge is 0.306 e. The quantitative estimate of drug-likeness (QED) is 0.0322. The van der Waals surface area contributed by atoms with Gasteiger partial charge in [-0.25, -0.2) is 0 Å². The topological polar surface area (TPSA) is 95.9 Å². The maximum absolute atomic E-state index is 13.2. The van der Waals surface area contributed by atoms with Crippen molar-refractivity contribution >= 4 is 11.9 Å². The molecule has 3 atom stereocenters. The van der Waals surface area contributed by atoms with Gasteiger partial charge in [-0.3, -0.25) is 9.59 Å². The van der Waals surface area contributed by atoms with Gasteiger partial charge in [-0.05, 0) is 70.6 Å². The first-order valence-corrected chi connectivity index (χ1v) is 26.6. The monoisotopic (exact) mass is 846 g/mol. The zero-order valence-corrected chi connectivity index (χ0v) is 40.4. The number of carbonyl (C=O) groups excluding carboxylic acids is 2. The lowest BCUT2D eigenvalue weighted by molar-refractivity contribution is -0.151. The second-order valence-corrected chi connectivity index (χ2v) is 18.3. The van der Waals surface area contributed by atoms with Gasteiger partial charge in [-0.15, -0.1) is 0 Å². The molecule has 0 bridgehead atoms. The molecule has 0 heterocycles. The number of ether oxygens (including phenoxy) is 1. The molecule has 60 heavy (non-hydrogen) atoms. The third-order valence-electron chi connectivity index (χ3n) is 12.2. The molecule has 0 aliphatic carbocycles. The van der Waals surface area contributed by atoms with E-state index in [2.05, 4.69) is 50.4 Å². The molecule has 0 aliphatic heterocycles. The Labute approximate surface area is 373 Å². The van der Waals surface area contributed by atoms with Crippen LogP contribution in [-0.2, 0) is 14.3 Å². The zero-order valence-electron chi connectivity index (χ0n) is 40.4. The van der Waals surface area contributed by atoms with E-state index in [1.54, 1.807) is 0 Å². The van der Waals surface area contributed by atoms with Gasteiger partial charge in [-0.1, -0.05) is 225 Å². The molecule has 3 unspecified atom stereocenters. The Morgan fingerprint density at radius 1 is 0.467 bits per heavy atom. The van der Waals surface area contributed by atoms with Crippen molar-refractivity contribution in [3.63, 3.8) is 0 Å².